The minimum Gasteiger partial charge on any atom is -0.398 e. The molecular weight excluding hydrogens is 240 g/mol. The largest absolute Gasteiger partial charge is 0.398 e. The van der Waals surface area contributed by atoms with Crippen molar-refractivity contribution in [1.29, 1.82) is 0 Å². The van der Waals surface area contributed by atoms with Gasteiger partial charge in [-0.25, -0.2) is 0 Å². The number of anilines is 2. The number of hydrogen-bond acceptors (Lipinski definition) is 4. The Bertz CT molecular complexity index is 579. The van der Waals surface area contributed by atoms with Crippen LogP contribution in [0.1, 0.15) is 11.1 Å². The van der Waals surface area contributed by atoms with E-state index in [-0.39, 0.29) is 0 Å². The number of hydrogen-bond donors (Lipinski definition) is 1. The molecule has 1 aromatic heterocycles. The number of nitrogens with two attached hydrogens (primary N) is 1. The molecule has 19 heavy (non-hydrogen) atoms. The average molecular weight is 258 g/mol. The second-order valence-corrected chi connectivity index (χ2v) is 4.80. The Labute approximate surface area is 112 Å². The van der Waals surface area contributed by atoms with Gasteiger partial charge < -0.3 is 15.4 Å². The molecule has 0 amide bonds. The highest BCUT2D eigenvalue weighted by Gasteiger charge is 2.21. The zero-order chi connectivity index (χ0) is 13.2. The van der Waals surface area contributed by atoms with Gasteiger partial charge in [0, 0.05) is 32.1 Å². The molecule has 2 aromatic rings. The maximum absolute atomic E-state index is 6.02. The molecule has 0 radical (unpaired) electrons. The van der Waals surface area contributed by atoms with E-state index in [9.17, 15) is 0 Å². The molecule has 0 atom stereocenters. The minimum absolute atomic E-state index is 0.675. The summed E-state index contributed by atoms with van der Waals surface area (Å²) in [7, 11) is 1.70. The molecule has 0 unspecified atom stereocenters. The Morgan fingerprint density at radius 3 is 3.05 bits per heavy atom. The smallest absolute Gasteiger partial charge is 0.0758 e. The molecule has 2 N–H and O–H groups in total. The van der Waals surface area contributed by atoms with Crippen molar-refractivity contribution < 1.29 is 4.74 Å². The van der Waals surface area contributed by atoms with Crippen LogP contribution in [0.4, 0.5) is 11.4 Å². The Hall–Kier alpha value is -2.01. The summed E-state index contributed by atoms with van der Waals surface area (Å²) in [6.45, 7) is 3.21. The first kappa shape index (κ1) is 12.0. The highest BCUT2D eigenvalue weighted by Crippen LogP contribution is 2.31. The fourth-order valence-corrected chi connectivity index (χ4v) is 2.45. The molecule has 1 aromatic carbocycles. The van der Waals surface area contributed by atoms with Crippen LogP contribution >= 0.6 is 0 Å². The van der Waals surface area contributed by atoms with Crippen molar-refractivity contribution in [3.8, 4) is 0 Å². The summed E-state index contributed by atoms with van der Waals surface area (Å²) in [5, 5.41) is 4.35. The molecule has 5 nitrogen and oxygen atoms in total. The van der Waals surface area contributed by atoms with Crippen LogP contribution in [-0.2, 0) is 24.4 Å². The monoisotopic (exact) mass is 258 g/mol. The van der Waals surface area contributed by atoms with Crippen molar-refractivity contribution in [2.75, 3.05) is 24.4 Å². The first-order chi connectivity index (χ1) is 9.28. The van der Waals surface area contributed by atoms with Crippen LogP contribution in [0.15, 0.2) is 30.6 Å². The lowest BCUT2D eigenvalue weighted by molar-refractivity contribution is 0.183. The van der Waals surface area contributed by atoms with Crippen LogP contribution in [0.25, 0.3) is 0 Å². The number of benzene rings is 1. The molecule has 2 heterocycles. The van der Waals surface area contributed by atoms with Crippen molar-refractivity contribution in [2.45, 2.75) is 19.6 Å². The number of ether oxygens (including phenoxy) is 1. The van der Waals surface area contributed by atoms with Crippen LogP contribution < -0.4 is 10.6 Å². The quantitative estimate of drug-likeness (QED) is 0.847. The lowest BCUT2D eigenvalue weighted by Crippen LogP contribution is -2.14. The third-order valence-electron chi connectivity index (χ3n) is 3.53. The summed E-state index contributed by atoms with van der Waals surface area (Å²) in [6.07, 6.45) is 3.96. The van der Waals surface area contributed by atoms with Gasteiger partial charge in [0.15, 0.2) is 0 Å². The van der Waals surface area contributed by atoms with Crippen molar-refractivity contribution in [2.24, 2.45) is 0 Å². The summed E-state index contributed by atoms with van der Waals surface area (Å²) < 4.78 is 6.96. The van der Waals surface area contributed by atoms with E-state index in [2.05, 4.69) is 22.3 Å². The first-order valence-electron chi connectivity index (χ1n) is 6.40. The topological polar surface area (TPSA) is 56.3 Å². The van der Waals surface area contributed by atoms with E-state index in [1.165, 1.54) is 11.1 Å². The zero-order valence-electron chi connectivity index (χ0n) is 11.0. The Morgan fingerprint density at radius 1 is 1.37 bits per heavy atom. The summed E-state index contributed by atoms with van der Waals surface area (Å²) in [5.74, 6) is 0. The predicted molar refractivity (Wildman–Crippen MR) is 74.8 cm³/mol. The fraction of sp³-hybridized carbons (Fsp3) is 0.357. The minimum atomic E-state index is 0.675. The Kier molecular flexibility index (Phi) is 3.13. The molecule has 1 aliphatic rings. The number of nitrogens with zero attached hydrogens (tertiary/aromatic N) is 3. The van der Waals surface area contributed by atoms with Crippen molar-refractivity contribution in [1.82, 2.24) is 9.78 Å². The van der Waals surface area contributed by atoms with Gasteiger partial charge in [-0.05, 0) is 17.2 Å². The Balaban J connectivity index is 1.75. The van der Waals surface area contributed by atoms with E-state index in [1.54, 1.807) is 7.11 Å². The second kappa shape index (κ2) is 4.93. The van der Waals surface area contributed by atoms with Crippen molar-refractivity contribution >= 4 is 11.4 Å². The maximum Gasteiger partial charge on any atom is 0.0758 e. The van der Waals surface area contributed by atoms with Crippen LogP contribution in [0.5, 0.6) is 0 Å². The van der Waals surface area contributed by atoms with Crippen molar-refractivity contribution in [3.05, 3.63) is 41.7 Å². The molecule has 0 saturated heterocycles. The lowest BCUT2D eigenvalue weighted by Gasteiger charge is -2.14. The fourth-order valence-electron chi connectivity index (χ4n) is 2.45. The normalized spacial score (nSPS) is 13.8. The zero-order valence-corrected chi connectivity index (χ0v) is 11.0. The lowest BCUT2D eigenvalue weighted by atomic mass is 10.1. The van der Waals surface area contributed by atoms with Gasteiger partial charge in [-0.15, -0.1) is 0 Å². The molecule has 0 aliphatic carbocycles. The molecule has 0 bridgehead atoms. The van der Waals surface area contributed by atoms with E-state index < -0.39 is 0 Å². The molecular formula is C14H18N4O. The molecule has 100 valence electrons. The standard InChI is InChI=1S/C14H18N4O/c1-19-6-5-18-9-12(7-16-18)17-8-11-3-2-4-14(15)13(11)10-17/h2-4,7,9H,5-6,8,10,15H2,1H3. The molecule has 0 spiro atoms. The van der Waals surface area contributed by atoms with E-state index >= 15 is 0 Å². The van der Waals surface area contributed by atoms with Gasteiger partial charge in [0.2, 0.25) is 0 Å². The number of nitrogen functional groups attached to an aromatic ring is 1. The summed E-state index contributed by atoms with van der Waals surface area (Å²) in [5.41, 5.74) is 10.6. The third kappa shape index (κ3) is 2.29. The first-order valence-corrected chi connectivity index (χ1v) is 6.40. The second-order valence-electron chi connectivity index (χ2n) is 4.80. The van der Waals surface area contributed by atoms with Gasteiger partial charge in [0.25, 0.3) is 0 Å². The molecule has 3 rings (SSSR count). The molecule has 1 aliphatic heterocycles. The van der Waals surface area contributed by atoms with E-state index in [1.807, 2.05) is 23.0 Å². The maximum atomic E-state index is 6.02. The summed E-state index contributed by atoms with van der Waals surface area (Å²) in [4.78, 5) is 2.29. The summed E-state index contributed by atoms with van der Waals surface area (Å²) in [6, 6.07) is 6.12. The van der Waals surface area contributed by atoms with E-state index in [0.717, 1.165) is 31.0 Å². The number of methoxy groups -OCH3 is 1. The van der Waals surface area contributed by atoms with Gasteiger partial charge in [-0.2, -0.15) is 5.10 Å². The van der Waals surface area contributed by atoms with Crippen LogP contribution in [0.3, 0.4) is 0 Å². The number of aromatic nitrogens is 2. The van der Waals surface area contributed by atoms with Gasteiger partial charge in [0.1, 0.15) is 0 Å². The average Bonchev–Trinajstić information content (AvgIpc) is 3.03. The molecule has 0 fully saturated rings. The SMILES string of the molecule is COCCn1cc(N2Cc3cccc(N)c3C2)cn1. The van der Waals surface area contributed by atoms with E-state index in [4.69, 9.17) is 10.5 Å². The highest BCUT2D eigenvalue weighted by atomic mass is 16.5. The van der Waals surface area contributed by atoms with Crippen molar-refractivity contribution in [3.63, 3.8) is 0 Å². The van der Waals surface area contributed by atoms with Crippen LogP contribution in [0, 0.1) is 0 Å². The van der Waals surface area contributed by atoms with Gasteiger partial charge in [-0.3, -0.25) is 4.68 Å². The highest BCUT2D eigenvalue weighted by molar-refractivity contribution is 5.58. The van der Waals surface area contributed by atoms with E-state index in [0.29, 0.717) is 6.61 Å². The number of fused-ring (bicyclic) bond motifs is 1. The molecule has 5 heteroatoms. The predicted octanol–water partition coefficient (Wildman–Crippen LogP) is 1.63. The third-order valence-corrected chi connectivity index (χ3v) is 3.53. The Morgan fingerprint density at radius 2 is 2.26 bits per heavy atom. The van der Waals surface area contributed by atoms with Crippen LogP contribution in [-0.4, -0.2) is 23.5 Å². The van der Waals surface area contributed by atoms with Gasteiger partial charge >= 0.3 is 0 Å². The number of rotatable bonds is 4. The van der Waals surface area contributed by atoms with Gasteiger partial charge in [0.05, 0.1) is 25.0 Å². The van der Waals surface area contributed by atoms with Crippen LogP contribution in [0.2, 0.25) is 0 Å². The van der Waals surface area contributed by atoms with Gasteiger partial charge in [-0.1, -0.05) is 12.1 Å². The summed E-state index contributed by atoms with van der Waals surface area (Å²) >= 11 is 0. The molecule has 0 saturated carbocycles.